The first-order chi connectivity index (χ1) is 11.8. The number of Topliss-reactive ketones (excluding diaryl/α,β-unsaturated/α-hetero) is 1. The lowest BCUT2D eigenvalue weighted by molar-refractivity contribution is -0.117. The molecule has 0 saturated heterocycles. The van der Waals surface area contributed by atoms with Gasteiger partial charge in [-0.1, -0.05) is 25.1 Å². The van der Waals surface area contributed by atoms with Crippen molar-refractivity contribution in [3.8, 4) is 0 Å². The SMILES string of the molecule is CCC(=O)c1ccc(S(=O)(=O)c2cccc(NC(=O)C(C)N)c2)cc1. The second kappa shape index (κ2) is 7.58. The molecule has 0 fully saturated rings. The predicted octanol–water partition coefficient (Wildman–Crippen LogP) is 2.40. The van der Waals surface area contributed by atoms with Crippen molar-refractivity contribution in [1.29, 1.82) is 0 Å². The van der Waals surface area contributed by atoms with E-state index in [1.165, 1.54) is 43.3 Å². The van der Waals surface area contributed by atoms with Gasteiger partial charge in [0.15, 0.2) is 5.78 Å². The van der Waals surface area contributed by atoms with Gasteiger partial charge in [-0.25, -0.2) is 8.42 Å². The number of hydrogen-bond donors (Lipinski definition) is 2. The molecule has 2 rings (SSSR count). The van der Waals surface area contributed by atoms with E-state index in [9.17, 15) is 18.0 Å². The van der Waals surface area contributed by atoms with Crippen molar-refractivity contribution >= 4 is 27.2 Å². The van der Waals surface area contributed by atoms with Gasteiger partial charge in [-0.2, -0.15) is 0 Å². The molecule has 0 heterocycles. The van der Waals surface area contributed by atoms with Crippen molar-refractivity contribution in [3.63, 3.8) is 0 Å². The summed E-state index contributed by atoms with van der Waals surface area (Å²) in [5.41, 5.74) is 6.31. The lowest BCUT2D eigenvalue weighted by Crippen LogP contribution is -2.32. The summed E-state index contributed by atoms with van der Waals surface area (Å²) < 4.78 is 25.5. The van der Waals surface area contributed by atoms with Crippen molar-refractivity contribution in [2.75, 3.05) is 5.32 Å². The van der Waals surface area contributed by atoms with Crippen LogP contribution in [-0.2, 0) is 14.6 Å². The van der Waals surface area contributed by atoms with Crippen LogP contribution in [0.25, 0.3) is 0 Å². The van der Waals surface area contributed by atoms with Crippen LogP contribution < -0.4 is 11.1 Å². The molecule has 0 aliphatic carbocycles. The third-order valence-electron chi connectivity index (χ3n) is 3.63. The van der Waals surface area contributed by atoms with E-state index < -0.39 is 21.8 Å². The monoisotopic (exact) mass is 360 g/mol. The maximum atomic E-state index is 12.7. The van der Waals surface area contributed by atoms with Crippen molar-refractivity contribution in [1.82, 2.24) is 0 Å². The van der Waals surface area contributed by atoms with E-state index in [-0.39, 0.29) is 15.6 Å². The number of benzene rings is 2. The van der Waals surface area contributed by atoms with Crippen LogP contribution in [0, 0.1) is 0 Å². The van der Waals surface area contributed by atoms with Crippen molar-refractivity contribution in [2.24, 2.45) is 5.73 Å². The molecule has 6 nitrogen and oxygen atoms in total. The Hall–Kier alpha value is -2.51. The summed E-state index contributed by atoms with van der Waals surface area (Å²) in [5.74, 6) is -0.457. The Morgan fingerprint density at radius 1 is 1.08 bits per heavy atom. The number of carbonyl (C=O) groups excluding carboxylic acids is 2. The second-order valence-corrected chi connectivity index (χ2v) is 7.56. The summed E-state index contributed by atoms with van der Waals surface area (Å²) in [5, 5.41) is 2.56. The zero-order valence-corrected chi connectivity index (χ0v) is 14.8. The maximum Gasteiger partial charge on any atom is 0.240 e. The normalized spacial score (nSPS) is 12.4. The number of nitrogens with one attached hydrogen (secondary N) is 1. The minimum atomic E-state index is -3.76. The number of nitrogens with two attached hydrogens (primary N) is 1. The first-order valence-electron chi connectivity index (χ1n) is 7.80. The van der Waals surface area contributed by atoms with Crippen LogP contribution >= 0.6 is 0 Å². The molecule has 0 bridgehead atoms. The number of sulfone groups is 1. The van der Waals surface area contributed by atoms with Gasteiger partial charge in [-0.3, -0.25) is 9.59 Å². The zero-order chi connectivity index (χ0) is 18.6. The highest BCUT2D eigenvalue weighted by atomic mass is 32.2. The van der Waals surface area contributed by atoms with Gasteiger partial charge in [0.2, 0.25) is 15.7 Å². The molecule has 132 valence electrons. The molecule has 3 N–H and O–H groups in total. The molecule has 1 unspecified atom stereocenters. The molecule has 1 atom stereocenters. The van der Waals surface area contributed by atoms with E-state index in [2.05, 4.69) is 5.32 Å². The number of hydrogen-bond acceptors (Lipinski definition) is 5. The lowest BCUT2D eigenvalue weighted by Gasteiger charge is -2.10. The smallest absolute Gasteiger partial charge is 0.240 e. The lowest BCUT2D eigenvalue weighted by atomic mass is 10.1. The molecule has 25 heavy (non-hydrogen) atoms. The molecular weight excluding hydrogens is 340 g/mol. The van der Waals surface area contributed by atoms with E-state index in [0.29, 0.717) is 17.7 Å². The molecule has 0 aromatic heterocycles. The van der Waals surface area contributed by atoms with Gasteiger partial charge in [0.25, 0.3) is 0 Å². The standard InChI is InChI=1S/C18H20N2O4S/c1-3-17(21)13-7-9-15(10-8-13)25(23,24)16-6-4-5-14(11-16)20-18(22)12(2)19/h4-12H,3,19H2,1-2H3,(H,20,22). The van der Waals surface area contributed by atoms with Gasteiger partial charge in [0, 0.05) is 17.7 Å². The molecule has 2 aromatic rings. The Morgan fingerprint density at radius 2 is 1.72 bits per heavy atom. The minimum Gasteiger partial charge on any atom is -0.325 e. The largest absolute Gasteiger partial charge is 0.325 e. The average molecular weight is 360 g/mol. The highest BCUT2D eigenvalue weighted by Gasteiger charge is 2.19. The van der Waals surface area contributed by atoms with Crippen molar-refractivity contribution in [2.45, 2.75) is 36.1 Å². The number of ketones is 1. The topological polar surface area (TPSA) is 106 Å². The van der Waals surface area contributed by atoms with Crippen LogP contribution in [0.1, 0.15) is 30.6 Å². The number of rotatable bonds is 6. The Labute approximate surface area is 147 Å². The van der Waals surface area contributed by atoms with Crippen molar-refractivity contribution in [3.05, 3.63) is 54.1 Å². The molecule has 0 saturated carbocycles. The van der Waals surface area contributed by atoms with Crippen LogP contribution in [0.5, 0.6) is 0 Å². The molecule has 0 aliphatic rings. The van der Waals surface area contributed by atoms with Gasteiger partial charge in [-0.15, -0.1) is 0 Å². The predicted molar refractivity (Wildman–Crippen MR) is 95.2 cm³/mol. The summed E-state index contributed by atoms with van der Waals surface area (Å²) in [4.78, 5) is 23.4. The van der Waals surface area contributed by atoms with E-state index in [4.69, 9.17) is 5.73 Å². The summed E-state index contributed by atoms with van der Waals surface area (Å²) in [6.07, 6.45) is 0.355. The fraction of sp³-hybridized carbons (Fsp3) is 0.222. The average Bonchev–Trinajstić information content (AvgIpc) is 2.61. The highest BCUT2D eigenvalue weighted by Crippen LogP contribution is 2.24. The number of amides is 1. The van der Waals surface area contributed by atoms with Gasteiger partial charge >= 0.3 is 0 Å². The first-order valence-corrected chi connectivity index (χ1v) is 9.29. The molecule has 0 aliphatic heterocycles. The molecule has 0 radical (unpaired) electrons. The highest BCUT2D eigenvalue weighted by molar-refractivity contribution is 7.91. The fourth-order valence-corrected chi connectivity index (χ4v) is 3.46. The van der Waals surface area contributed by atoms with Gasteiger partial charge in [-0.05, 0) is 37.3 Å². The van der Waals surface area contributed by atoms with Crippen LogP contribution in [0.2, 0.25) is 0 Å². The summed E-state index contributed by atoms with van der Waals surface area (Å²) in [6.45, 7) is 3.28. The maximum absolute atomic E-state index is 12.7. The molecule has 2 aromatic carbocycles. The third kappa shape index (κ3) is 4.32. The fourth-order valence-electron chi connectivity index (χ4n) is 2.16. The summed E-state index contributed by atoms with van der Waals surface area (Å²) >= 11 is 0. The Morgan fingerprint density at radius 3 is 2.28 bits per heavy atom. The van der Waals surface area contributed by atoms with E-state index in [1.807, 2.05) is 0 Å². The zero-order valence-electron chi connectivity index (χ0n) is 14.0. The first kappa shape index (κ1) is 18.8. The Balaban J connectivity index is 2.33. The van der Waals surface area contributed by atoms with E-state index in [1.54, 1.807) is 19.1 Å². The molecule has 7 heteroatoms. The summed E-state index contributed by atoms with van der Waals surface area (Å²) in [6, 6.07) is 11.1. The second-order valence-electron chi connectivity index (χ2n) is 5.61. The van der Waals surface area contributed by atoms with Crippen LogP contribution in [0.3, 0.4) is 0 Å². The number of carbonyl (C=O) groups is 2. The van der Waals surface area contributed by atoms with E-state index >= 15 is 0 Å². The quantitative estimate of drug-likeness (QED) is 0.769. The van der Waals surface area contributed by atoms with Crippen LogP contribution in [0.15, 0.2) is 58.3 Å². The molecular formula is C18H20N2O4S. The van der Waals surface area contributed by atoms with E-state index in [0.717, 1.165) is 0 Å². The molecule has 1 amide bonds. The number of anilines is 1. The Bertz CT molecular complexity index is 888. The van der Waals surface area contributed by atoms with Gasteiger partial charge in [0.1, 0.15) is 0 Å². The Kier molecular flexibility index (Phi) is 5.71. The minimum absolute atomic E-state index is 0.0459. The van der Waals surface area contributed by atoms with Crippen LogP contribution in [0.4, 0.5) is 5.69 Å². The van der Waals surface area contributed by atoms with Gasteiger partial charge in [0.05, 0.1) is 15.8 Å². The van der Waals surface area contributed by atoms with Crippen LogP contribution in [-0.4, -0.2) is 26.2 Å². The molecule has 0 spiro atoms. The van der Waals surface area contributed by atoms with Gasteiger partial charge < -0.3 is 11.1 Å². The van der Waals surface area contributed by atoms with Crippen molar-refractivity contribution < 1.29 is 18.0 Å². The third-order valence-corrected chi connectivity index (χ3v) is 5.40. The summed E-state index contributed by atoms with van der Waals surface area (Å²) in [7, 11) is -3.76.